The molecule has 4 nitrogen and oxygen atoms in total. The Balaban J connectivity index is 2.06. The van der Waals surface area contributed by atoms with Crippen molar-refractivity contribution in [1.29, 1.82) is 0 Å². The number of carboxylic acid groups (broad SMARTS) is 1. The van der Waals surface area contributed by atoms with Crippen molar-refractivity contribution in [2.75, 3.05) is 13.1 Å². The molecule has 1 unspecified atom stereocenters. The Morgan fingerprint density at radius 2 is 2.38 bits per heavy atom. The minimum Gasteiger partial charge on any atom is -0.480 e. The van der Waals surface area contributed by atoms with Gasteiger partial charge in [0.2, 0.25) is 0 Å². The number of hydrogen-bond donors (Lipinski definition) is 3. The average Bonchev–Trinajstić information content (AvgIpc) is 2.63. The summed E-state index contributed by atoms with van der Waals surface area (Å²) < 4.78 is 1.11. The summed E-state index contributed by atoms with van der Waals surface area (Å²) in [6.45, 7) is 1.49. The molecule has 16 heavy (non-hydrogen) atoms. The van der Waals surface area contributed by atoms with Crippen LogP contribution < -0.4 is 11.1 Å². The Labute approximate surface area is 107 Å². The van der Waals surface area contributed by atoms with Crippen LogP contribution in [0.4, 0.5) is 0 Å². The van der Waals surface area contributed by atoms with E-state index in [2.05, 4.69) is 32.7 Å². The maximum atomic E-state index is 10.4. The van der Waals surface area contributed by atoms with Gasteiger partial charge in [-0.25, -0.2) is 0 Å². The number of rotatable bonds is 7. The predicted octanol–water partition coefficient (Wildman–Crippen LogP) is 1.44. The van der Waals surface area contributed by atoms with Gasteiger partial charge in [0.15, 0.2) is 0 Å². The van der Waals surface area contributed by atoms with Crippen molar-refractivity contribution in [2.24, 2.45) is 5.73 Å². The Bertz CT molecular complexity index is 343. The highest BCUT2D eigenvalue weighted by Gasteiger charge is 2.09. The quantitative estimate of drug-likeness (QED) is 0.666. The maximum Gasteiger partial charge on any atom is 0.320 e. The number of carbonyl (C=O) groups is 1. The van der Waals surface area contributed by atoms with E-state index in [4.69, 9.17) is 10.8 Å². The number of thiophene rings is 1. The molecule has 0 spiro atoms. The van der Waals surface area contributed by atoms with Gasteiger partial charge in [0.1, 0.15) is 6.04 Å². The molecule has 0 aliphatic rings. The Morgan fingerprint density at radius 1 is 1.62 bits per heavy atom. The van der Waals surface area contributed by atoms with E-state index in [1.54, 1.807) is 11.3 Å². The second-order valence-electron chi connectivity index (χ2n) is 3.46. The molecule has 1 rings (SSSR count). The molecule has 1 heterocycles. The first-order valence-corrected chi connectivity index (χ1v) is 6.69. The highest BCUT2D eigenvalue weighted by molar-refractivity contribution is 9.10. The van der Waals surface area contributed by atoms with Crippen molar-refractivity contribution in [3.63, 3.8) is 0 Å². The van der Waals surface area contributed by atoms with Crippen LogP contribution in [0.1, 0.15) is 11.3 Å². The van der Waals surface area contributed by atoms with Crippen molar-refractivity contribution >= 4 is 33.2 Å². The van der Waals surface area contributed by atoms with E-state index >= 15 is 0 Å². The lowest BCUT2D eigenvalue weighted by Gasteiger charge is -2.06. The first-order valence-electron chi connectivity index (χ1n) is 5.01. The van der Waals surface area contributed by atoms with E-state index in [0.717, 1.165) is 17.4 Å². The van der Waals surface area contributed by atoms with E-state index in [0.29, 0.717) is 13.0 Å². The second kappa shape index (κ2) is 7.01. The molecule has 1 atom stereocenters. The standard InChI is InChI=1S/C10H15BrN2O2S/c11-7-5-8(16-6-7)1-3-13-4-2-9(12)10(14)15/h5-6,9,13H,1-4,12H2,(H,14,15). The molecule has 6 heteroatoms. The topological polar surface area (TPSA) is 75.3 Å². The number of halogens is 1. The molecule has 1 aromatic rings. The van der Waals surface area contributed by atoms with Gasteiger partial charge in [0.05, 0.1) is 0 Å². The summed E-state index contributed by atoms with van der Waals surface area (Å²) in [5.41, 5.74) is 5.37. The molecule has 0 saturated carbocycles. The smallest absolute Gasteiger partial charge is 0.320 e. The number of hydrogen-bond acceptors (Lipinski definition) is 4. The van der Waals surface area contributed by atoms with Crippen molar-refractivity contribution in [3.8, 4) is 0 Å². The van der Waals surface area contributed by atoms with Crippen molar-refractivity contribution in [2.45, 2.75) is 18.9 Å². The predicted molar refractivity (Wildman–Crippen MR) is 68.8 cm³/mol. The van der Waals surface area contributed by atoms with E-state index in [1.807, 2.05) is 0 Å². The van der Waals surface area contributed by atoms with Crippen LogP contribution in [-0.4, -0.2) is 30.2 Å². The van der Waals surface area contributed by atoms with Gasteiger partial charge in [-0.1, -0.05) is 0 Å². The van der Waals surface area contributed by atoms with Gasteiger partial charge in [0, 0.05) is 14.7 Å². The molecule has 0 aliphatic heterocycles. The van der Waals surface area contributed by atoms with Crippen LogP contribution in [0.3, 0.4) is 0 Å². The first kappa shape index (κ1) is 13.6. The van der Waals surface area contributed by atoms with Crippen LogP contribution in [-0.2, 0) is 11.2 Å². The van der Waals surface area contributed by atoms with Crippen LogP contribution >= 0.6 is 27.3 Å². The minimum absolute atomic E-state index is 0.462. The lowest BCUT2D eigenvalue weighted by atomic mass is 10.2. The van der Waals surface area contributed by atoms with Crippen LogP contribution in [0.5, 0.6) is 0 Å². The molecule has 90 valence electrons. The third-order valence-corrected chi connectivity index (χ3v) is 3.88. The Morgan fingerprint density at radius 3 is 2.94 bits per heavy atom. The van der Waals surface area contributed by atoms with Gasteiger partial charge < -0.3 is 16.2 Å². The summed E-state index contributed by atoms with van der Waals surface area (Å²) in [7, 11) is 0. The largest absolute Gasteiger partial charge is 0.480 e. The molecular formula is C10H15BrN2O2S. The number of aliphatic carboxylic acids is 1. The molecule has 0 radical (unpaired) electrons. The van der Waals surface area contributed by atoms with Gasteiger partial charge in [0.25, 0.3) is 0 Å². The lowest BCUT2D eigenvalue weighted by molar-refractivity contribution is -0.138. The lowest BCUT2D eigenvalue weighted by Crippen LogP contribution is -2.34. The molecule has 0 aliphatic carbocycles. The fourth-order valence-corrected chi connectivity index (χ4v) is 2.66. The molecule has 0 fully saturated rings. The summed E-state index contributed by atoms with van der Waals surface area (Å²) in [5, 5.41) is 13.8. The van der Waals surface area contributed by atoms with Gasteiger partial charge in [-0.2, -0.15) is 0 Å². The van der Waals surface area contributed by atoms with Gasteiger partial charge in [-0.3, -0.25) is 4.79 Å². The summed E-state index contributed by atoms with van der Waals surface area (Å²) >= 11 is 5.11. The zero-order valence-corrected chi connectivity index (χ0v) is 11.2. The Kier molecular flexibility index (Phi) is 5.97. The van der Waals surface area contributed by atoms with E-state index in [9.17, 15) is 4.79 Å². The second-order valence-corrected chi connectivity index (χ2v) is 5.38. The van der Waals surface area contributed by atoms with E-state index < -0.39 is 12.0 Å². The molecule has 0 amide bonds. The average molecular weight is 307 g/mol. The highest BCUT2D eigenvalue weighted by Crippen LogP contribution is 2.19. The zero-order valence-electron chi connectivity index (χ0n) is 8.78. The third-order valence-electron chi connectivity index (χ3n) is 2.12. The number of nitrogens with two attached hydrogens (primary N) is 1. The minimum atomic E-state index is -0.941. The van der Waals surface area contributed by atoms with Crippen molar-refractivity contribution in [1.82, 2.24) is 5.32 Å². The fourth-order valence-electron chi connectivity index (χ4n) is 1.20. The molecule has 1 aromatic heterocycles. The number of carboxylic acids is 1. The van der Waals surface area contributed by atoms with Crippen molar-refractivity contribution < 1.29 is 9.90 Å². The first-order chi connectivity index (χ1) is 7.59. The summed E-state index contributed by atoms with van der Waals surface area (Å²) in [6, 6.07) is 1.33. The highest BCUT2D eigenvalue weighted by atomic mass is 79.9. The molecule has 4 N–H and O–H groups in total. The summed E-state index contributed by atoms with van der Waals surface area (Å²) in [4.78, 5) is 11.7. The van der Waals surface area contributed by atoms with E-state index in [1.165, 1.54) is 4.88 Å². The Hall–Kier alpha value is -0.430. The van der Waals surface area contributed by atoms with Crippen LogP contribution in [0.25, 0.3) is 0 Å². The van der Waals surface area contributed by atoms with Crippen LogP contribution in [0, 0.1) is 0 Å². The maximum absolute atomic E-state index is 10.4. The van der Waals surface area contributed by atoms with E-state index in [-0.39, 0.29) is 0 Å². The molecular weight excluding hydrogens is 292 g/mol. The monoisotopic (exact) mass is 306 g/mol. The molecule has 0 saturated heterocycles. The SMILES string of the molecule is NC(CCNCCc1cc(Br)cs1)C(=O)O. The molecule has 0 aromatic carbocycles. The fraction of sp³-hybridized carbons (Fsp3) is 0.500. The number of nitrogens with one attached hydrogen (secondary N) is 1. The summed E-state index contributed by atoms with van der Waals surface area (Å²) in [6.07, 6.45) is 1.42. The van der Waals surface area contributed by atoms with Gasteiger partial charge >= 0.3 is 5.97 Å². The summed E-state index contributed by atoms with van der Waals surface area (Å²) in [5.74, 6) is -0.941. The normalized spacial score (nSPS) is 12.6. The van der Waals surface area contributed by atoms with Crippen LogP contribution in [0.2, 0.25) is 0 Å². The van der Waals surface area contributed by atoms with Crippen molar-refractivity contribution in [3.05, 3.63) is 20.8 Å². The van der Waals surface area contributed by atoms with Gasteiger partial charge in [-0.15, -0.1) is 11.3 Å². The van der Waals surface area contributed by atoms with Gasteiger partial charge in [-0.05, 0) is 47.9 Å². The molecule has 0 bridgehead atoms. The zero-order chi connectivity index (χ0) is 12.0. The third kappa shape index (κ3) is 5.07. The van der Waals surface area contributed by atoms with Crippen LogP contribution in [0.15, 0.2) is 15.9 Å².